The van der Waals surface area contributed by atoms with Crippen LogP contribution >= 0.6 is 11.8 Å². The normalized spacial score (nSPS) is 12.4. The highest BCUT2D eigenvalue weighted by Crippen LogP contribution is 2.34. The second kappa shape index (κ2) is 8.83. The van der Waals surface area contributed by atoms with Crippen molar-refractivity contribution in [2.24, 2.45) is 0 Å². The summed E-state index contributed by atoms with van der Waals surface area (Å²) in [6, 6.07) is 15.4. The molecule has 4 aromatic rings. The van der Waals surface area contributed by atoms with Crippen LogP contribution < -0.4 is 5.56 Å². The van der Waals surface area contributed by atoms with Crippen LogP contribution in [0.4, 0.5) is 0 Å². The number of fused-ring (bicyclic) bond motifs is 1. The third-order valence-electron chi connectivity index (χ3n) is 4.93. The van der Waals surface area contributed by atoms with Gasteiger partial charge in [0.25, 0.3) is 5.56 Å². The Morgan fingerprint density at radius 3 is 2.63 bits per heavy atom. The summed E-state index contributed by atoms with van der Waals surface area (Å²) >= 11 is 1.47. The molecular formula is C23H24N4O2S. The lowest BCUT2D eigenvalue weighted by molar-refractivity contribution is 0.507. The molecule has 4 rings (SSSR count). The van der Waals surface area contributed by atoms with E-state index in [4.69, 9.17) is 9.40 Å². The van der Waals surface area contributed by atoms with Crippen molar-refractivity contribution in [3.8, 4) is 11.5 Å². The van der Waals surface area contributed by atoms with E-state index in [2.05, 4.69) is 17.1 Å². The maximum atomic E-state index is 13.0. The molecule has 0 spiro atoms. The molecule has 154 valence electrons. The first-order valence-corrected chi connectivity index (χ1v) is 11.0. The maximum Gasteiger partial charge on any atom is 0.262 e. The van der Waals surface area contributed by atoms with Crippen molar-refractivity contribution in [2.45, 2.75) is 50.6 Å². The SMILES string of the molecule is CCCCn1c(S[C@@H](C)c2nnc(-c3ccc(C)cc3)o2)nc2ccccc2c1=O. The van der Waals surface area contributed by atoms with E-state index in [1.807, 2.05) is 62.4 Å². The van der Waals surface area contributed by atoms with E-state index in [9.17, 15) is 4.79 Å². The minimum absolute atomic E-state index is 0.00498. The number of para-hydroxylation sites is 1. The molecule has 0 radical (unpaired) electrons. The van der Waals surface area contributed by atoms with Gasteiger partial charge in [-0.25, -0.2) is 4.98 Å². The predicted octanol–water partition coefficient (Wildman–Crippen LogP) is 5.41. The Bertz CT molecular complexity index is 1210. The number of hydrogen-bond acceptors (Lipinski definition) is 6. The van der Waals surface area contributed by atoms with Crippen LogP contribution in [0, 0.1) is 6.92 Å². The fourth-order valence-electron chi connectivity index (χ4n) is 3.17. The van der Waals surface area contributed by atoms with E-state index in [1.165, 1.54) is 17.3 Å². The molecule has 0 aliphatic heterocycles. The fourth-order valence-corrected chi connectivity index (χ4v) is 4.14. The van der Waals surface area contributed by atoms with Crippen molar-refractivity contribution in [1.29, 1.82) is 0 Å². The summed E-state index contributed by atoms with van der Waals surface area (Å²) in [7, 11) is 0. The van der Waals surface area contributed by atoms with Crippen LogP contribution in [0.15, 0.2) is 62.9 Å². The van der Waals surface area contributed by atoms with E-state index in [-0.39, 0.29) is 10.8 Å². The summed E-state index contributed by atoms with van der Waals surface area (Å²) in [5.74, 6) is 1.01. The van der Waals surface area contributed by atoms with Gasteiger partial charge in [-0.1, -0.05) is 54.9 Å². The molecule has 0 amide bonds. The number of unbranched alkanes of at least 4 members (excludes halogenated alkanes) is 1. The lowest BCUT2D eigenvalue weighted by Crippen LogP contribution is -2.23. The standard InChI is InChI=1S/C23H24N4O2S/c1-4-5-14-27-22(28)18-8-6-7-9-19(18)24-23(27)30-16(3)20-25-26-21(29-20)17-12-10-15(2)11-13-17/h6-13,16H,4-5,14H2,1-3H3/t16-/m0/s1. The van der Waals surface area contributed by atoms with Gasteiger partial charge in [-0.05, 0) is 44.5 Å². The van der Waals surface area contributed by atoms with Crippen LogP contribution in [0.5, 0.6) is 0 Å². The number of nitrogens with zero attached hydrogens (tertiary/aromatic N) is 4. The van der Waals surface area contributed by atoms with Gasteiger partial charge in [0.05, 0.1) is 16.2 Å². The third kappa shape index (κ3) is 4.16. The Balaban J connectivity index is 1.65. The Morgan fingerprint density at radius 2 is 1.87 bits per heavy atom. The van der Waals surface area contributed by atoms with Crippen LogP contribution in [0.2, 0.25) is 0 Å². The van der Waals surface area contributed by atoms with Gasteiger partial charge < -0.3 is 4.42 Å². The topological polar surface area (TPSA) is 73.8 Å². The zero-order chi connectivity index (χ0) is 21.1. The molecule has 0 aliphatic rings. The molecule has 0 bridgehead atoms. The minimum atomic E-state index is -0.141. The average Bonchev–Trinajstić information content (AvgIpc) is 3.24. The summed E-state index contributed by atoms with van der Waals surface area (Å²) in [5, 5.41) is 9.61. The Hall–Kier alpha value is -2.93. The van der Waals surface area contributed by atoms with E-state index < -0.39 is 0 Å². The van der Waals surface area contributed by atoms with Gasteiger partial charge >= 0.3 is 0 Å². The second-order valence-corrected chi connectivity index (χ2v) is 8.60. The summed E-state index contributed by atoms with van der Waals surface area (Å²) in [4.78, 5) is 17.8. The van der Waals surface area contributed by atoms with Gasteiger partial charge in [-0.3, -0.25) is 9.36 Å². The molecule has 0 N–H and O–H groups in total. The Morgan fingerprint density at radius 1 is 1.10 bits per heavy atom. The van der Waals surface area contributed by atoms with Crippen molar-refractivity contribution in [1.82, 2.24) is 19.7 Å². The fraction of sp³-hybridized carbons (Fsp3) is 0.304. The number of rotatable bonds is 7. The Kier molecular flexibility index (Phi) is 5.99. The molecule has 0 unspecified atom stereocenters. The molecule has 30 heavy (non-hydrogen) atoms. The molecule has 0 saturated carbocycles. The minimum Gasteiger partial charge on any atom is -0.419 e. The molecule has 6 nitrogen and oxygen atoms in total. The van der Waals surface area contributed by atoms with Crippen molar-refractivity contribution >= 4 is 22.7 Å². The molecule has 0 fully saturated rings. The Labute approximate surface area is 179 Å². The molecule has 7 heteroatoms. The van der Waals surface area contributed by atoms with Gasteiger partial charge in [0.15, 0.2) is 5.16 Å². The third-order valence-corrected chi connectivity index (χ3v) is 6.01. The number of thioether (sulfide) groups is 1. The molecule has 2 aromatic heterocycles. The lowest BCUT2D eigenvalue weighted by Gasteiger charge is -2.14. The maximum absolute atomic E-state index is 13.0. The summed E-state index contributed by atoms with van der Waals surface area (Å²) < 4.78 is 7.69. The van der Waals surface area contributed by atoms with Gasteiger partial charge in [-0.15, -0.1) is 10.2 Å². The van der Waals surface area contributed by atoms with Crippen molar-refractivity contribution < 1.29 is 4.42 Å². The van der Waals surface area contributed by atoms with Gasteiger partial charge in [0.2, 0.25) is 11.8 Å². The van der Waals surface area contributed by atoms with Crippen LogP contribution in [0.1, 0.15) is 43.4 Å². The van der Waals surface area contributed by atoms with E-state index in [0.29, 0.717) is 34.4 Å². The highest BCUT2D eigenvalue weighted by Gasteiger charge is 2.20. The number of aryl methyl sites for hydroxylation is 1. The quantitative estimate of drug-likeness (QED) is 0.294. The zero-order valence-electron chi connectivity index (χ0n) is 17.3. The summed E-state index contributed by atoms with van der Waals surface area (Å²) in [6.07, 6.45) is 1.92. The summed E-state index contributed by atoms with van der Waals surface area (Å²) in [5.41, 5.74) is 2.76. The predicted molar refractivity (Wildman–Crippen MR) is 120 cm³/mol. The zero-order valence-corrected chi connectivity index (χ0v) is 18.1. The van der Waals surface area contributed by atoms with Crippen LogP contribution in [0.25, 0.3) is 22.4 Å². The van der Waals surface area contributed by atoms with Crippen LogP contribution in [-0.4, -0.2) is 19.7 Å². The molecule has 2 aromatic carbocycles. The number of aromatic nitrogens is 4. The first kappa shape index (κ1) is 20.3. The largest absolute Gasteiger partial charge is 0.419 e. The van der Waals surface area contributed by atoms with Crippen LogP contribution in [-0.2, 0) is 6.54 Å². The molecule has 1 atom stereocenters. The van der Waals surface area contributed by atoms with Gasteiger partial charge in [0.1, 0.15) is 0 Å². The van der Waals surface area contributed by atoms with Crippen molar-refractivity contribution in [3.05, 3.63) is 70.3 Å². The molecule has 2 heterocycles. The van der Waals surface area contributed by atoms with Crippen molar-refractivity contribution in [3.63, 3.8) is 0 Å². The second-order valence-electron chi connectivity index (χ2n) is 7.29. The lowest BCUT2D eigenvalue weighted by atomic mass is 10.1. The van der Waals surface area contributed by atoms with Crippen molar-refractivity contribution in [2.75, 3.05) is 0 Å². The number of benzene rings is 2. The van der Waals surface area contributed by atoms with E-state index >= 15 is 0 Å². The number of hydrogen-bond donors (Lipinski definition) is 0. The van der Waals surface area contributed by atoms with E-state index in [0.717, 1.165) is 18.4 Å². The first-order valence-electron chi connectivity index (χ1n) is 10.1. The van der Waals surface area contributed by atoms with Gasteiger partial charge in [0, 0.05) is 12.1 Å². The molecule has 0 aliphatic carbocycles. The first-order chi connectivity index (χ1) is 14.6. The van der Waals surface area contributed by atoms with Crippen LogP contribution in [0.3, 0.4) is 0 Å². The van der Waals surface area contributed by atoms with Gasteiger partial charge in [-0.2, -0.15) is 0 Å². The monoisotopic (exact) mass is 420 g/mol. The smallest absolute Gasteiger partial charge is 0.262 e. The highest BCUT2D eigenvalue weighted by molar-refractivity contribution is 7.99. The average molecular weight is 421 g/mol. The molecular weight excluding hydrogens is 396 g/mol. The molecule has 0 saturated heterocycles. The van der Waals surface area contributed by atoms with E-state index in [1.54, 1.807) is 4.57 Å². The highest BCUT2D eigenvalue weighted by atomic mass is 32.2. The summed E-state index contributed by atoms with van der Waals surface area (Å²) in [6.45, 7) is 6.78.